The van der Waals surface area contributed by atoms with E-state index < -0.39 is 6.10 Å². The summed E-state index contributed by atoms with van der Waals surface area (Å²) in [7, 11) is 1.67. The van der Waals surface area contributed by atoms with Crippen molar-refractivity contribution in [3.8, 4) is 5.75 Å². The molecular weight excluding hydrogens is 256 g/mol. The molecular formula is C16H20O2S. The van der Waals surface area contributed by atoms with Crippen molar-refractivity contribution >= 4 is 11.3 Å². The molecule has 1 atom stereocenters. The van der Waals surface area contributed by atoms with Crippen LogP contribution in [0.4, 0.5) is 0 Å². The number of aliphatic hydroxyl groups excluding tert-OH is 1. The second-order valence-electron chi connectivity index (χ2n) is 4.69. The van der Waals surface area contributed by atoms with Crippen LogP contribution in [0.5, 0.6) is 5.75 Å². The first-order valence-electron chi connectivity index (χ1n) is 6.54. The van der Waals surface area contributed by atoms with Crippen LogP contribution in [-0.2, 0) is 12.8 Å². The molecule has 0 aliphatic rings. The van der Waals surface area contributed by atoms with E-state index in [1.54, 1.807) is 18.4 Å². The Balaban J connectivity index is 2.18. The van der Waals surface area contributed by atoms with Crippen molar-refractivity contribution in [2.24, 2.45) is 0 Å². The summed E-state index contributed by atoms with van der Waals surface area (Å²) < 4.78 is 5.36. The highest BCUT2D eigenvalue weighted by Crippen LogP contribution is 2.29. The van der Waals surface area contributed by atoms with Crippen LogP contribution in [-0.4, -0.2) is 12.2 Å². The van der Waals surface area contributed by atoms with Gasteiger partial charge in [-0.25, -0.2) is 0 Å². The summed E-state index contributed by atoms with van der Waals surface area (Å²) >= 11 is 1.69. The van der Waals surface area contributed by atoms with E-state index in [1.807, 2.05) is 18.2 Å². The van der Waals surface area contributed by atoms with Gasteiger partial charge in [-0.1, -0.05) is 24.6 Å². The van der Waals surface area contributed by atoms with Crippen LogP contribution in [0.25, 0.3) is 0 Å². The predicted molar refractivity (Wildman–Crippen MR) is 80.1 cm³/mol. The molecule has 0 radical (unpaired) electrons. The average molecular weight is 276 g/mol. The first-order valence-corrected chi connectivity index (χ1v) is 7.36. The van der Waals surface area contributed by atoms with E-state index in [-0.39, 0.29) is 0 Å². The summed E-state index contributed by atoms with van der Waals surface area (Å²) in [5.41, 5.74) is 2.24. The molecule has 1 unspecified atom stereocenters. The number of rotatable bonds is 5. The molecule has 1 aromatic heterocycles. The van der Waals surface area contributed by atoms with Gasteiger partial charge in [-0.2, -0.15) is 0 Å². The van der Waals surface area contributed by atoms with Gasteiger partial charge in [0, 0.05) is 16.2 Å². The van der Waals surface area contributed by atoms with Crippen LogP contribution in [0.3, 0.4) is 0 Å². The summed E-state index contributed by atoms with van der Waals surface area (Å²) in [5.74, 6) is 0.844. The first-order chi connectivity index (χ1) is 9.13. The highest BCUT2D eigenvalue weighted by molar-refractivity contribution is 7.12. The molecule has 0 bridgehead atoms. The van der Waals surface area contributed by atoms with Crippen LogP contribution in [0, 0.1) is 6.92 Å². The Morgan fingerprint density at radius 1 is 1.26 bits per heavy atom. The van der Waals surface area contributed by atoms with Crippen molar-refractivity contribution < 1.29 is 9.84 Å². The predicted octanol–water partition coefficient (Wildman–Crippen LogP) is 3.90. The molecule has 0 aliphatic heterocycles. The number of aryl methyl sites for hydroxylation is 2. The topological polar surface area (TPSA) is 29.5 Å². The highest BCUT2D eigenvalue weighted by Gasteiger charge is 2.14. The Morgan fingerprint density at radius 3 is 2.68 bits per heavy atom. The Bertz CT molecular complexity index is 545. The van der Waals surface area contributed by atoms with Crippen molar-refractivity contribution in [1.29, 1.82) is 0 Å². The van der Waals surface area contributed by atoms with Crippen molar-refractivity contribution in [1.82, 2.24) is 0 Å². The van der Waals surface area contributed by atoms with Gasteiger partial charge < -0.3 is 9.84 Å². The largest absolute Gasteiger partial charge is 0.496 e. The Kier molecular flexibility index (Phi) is 4.61. The quantitative estimate of drug-likeness (QED) is 0.897. The minimum Gasteiger partial charge on any atom is -0.496 e. The van der Waals surface area contributed by atoms with E-state index >= 15 is 0 Å². The monoisotopic (exact) mass is 276 g/mol. The summed E-state index contributed by atoms with van der Waals surface area (Å²) in [6.45, 7) is 4.18. The van der Waals surface area contributed by atoms with Gasteiger partial charge in [0.15, 0.2) is 0 Å². The van der Waals surface area contributed by atoms with E-state index in [0.29, 0.717) is 6.42 Å². The van der Waals surface area contributed by atoms with Crippen LogP contribution in [0.15, 0.2) is 30.3 Å². The summed E-state index contributed by atoms with van der Waals surface area (Å²) in [6, 6.07) is 10.2. The van der Waals surface area contributed by atoms with Gasteiger partial charge in [0.25, 0.3) is 0 Å². The highest BCUT2D eigenvalue weighted by atomic mass is 32.1. The SMILES string of the molecule is CCc1ccc(C(O)Cc2cc(C)ccc2OC)s1. The Hall–Kier alpha value is -1.32. The van der Waals surface area contributed by atoms with Crippen LogP contribution < -0.4 is 4.74 Å². The van der Waals surface area contributed by atoms with Crippen LogP contribution in [0.2, 0.25) is 0 Å². The van der Waals surface area contributed by atoms with E-state index in [0.717, 1.165) is 22.6 Å². The second-order valence-corrected chi connectivity index (χ2v) is 5.89. The van der Waals surface area contributed by atoms with Gasteiger partial charge in [0.2, 0.25) is 0 Å². The van der Waals surface area contributed by atoms with Gasteiger partial charge in [0.1, 0.15) is 5.75 Å². The average Bonchev–Trinajstić information content (AvgIpc) is 2.88. The lowest BCUT2D eigenvalue weighted by atomic mass is 10.0. The van der Waals surface area contributed by atoms with Crippen molar-refractivity contribution in [3.05, 3.63) is 51.2 Å². The minimum atomic E-state index is -0.457. The first kappa shape index (κ1) is 14.1. The molecule has 3 heteroatoms. The van der Waals surface area contributed by atoms with Crippen molar-refractivity contribution in [3.63, 3.8) is 0 Å². The number of benzene rings is 1. The molecule has 1 heterocycles. The number of hydrogen-bond donors (Lipinski definition) is 1. The lowest BCUT2D eigenvalue weighted by Gasteiger charge is -2.13. The van der Waals surface area contributed by atoms with E-state index in [9.17, 15) is 5.11 Å². The maximum absolute atomic E-state index is 10.3. The third-order valence-corrected chi connectivity index (χ3v) is 4.54. The molecule has 1 aromatic carbocycles. The molecule has 2 rings (SSSR count). The number of aliphatic hydroxyl groups is 1. The number of thiophene rings is 1. The van der Waals surface area contributed by atoms with E-state index in [1.165, 1.54) is 10.4 Å². The van der Waals surface area contributed by atoms with E-state index in [2.05, 4.69) is 26.0 Å². The van der Waals surface area contributed by atoms with Gasteiger partial charge in [-0.3, -0.25) is 0 Å². The third kappa shape index (κ3) is 3.37. The molecule has 2 nitrogen and oxygen atoms in total. The van der Waals surface area contributed by atoms with Crippen molar-refractivity contribution in [2.75, 3.05) is 7.11 Å². The van der Waals surface area contributed by atoms with Gasteiger partial charge in [-0.15, -0.1) is 11.3 Å². The second kappa shape index (κ2) is 6.22. The smallest absolute Gasteiger partial charge is 0.122 e. The molecule has 1 N–H and O–H groups in total. The van der Waals surface area contributed by atoms with Gasteiger partial charge >= 0.3 is 0 Å². The Morgan fingerprint density at radius 2 is 2.05 bits per heavy atom. The van der Waals surface area contributed by atoms with Gasteiger partial charge in [-0.05, 0) is 37.1 Å². The maximum Gasteiger partial charge on any atom is 0.122 e. The van der Waals surface area contributed by atoms with Gasteiger partial charge in [0.05, 0.1) is 13.2 Å². The fraction of sp³-hybridized carbons (Fsp3) is 0.375. The summed E-state index contributed by atoms with van der Waals surface area (Å²) in [6.07, 6.45) is 1.15. The van der Waals surface area contributed by atoms with E-state index in [4.69, 9.17) is 4.74 Å². The molecule has 0 saturated carbocycles. The lowest BCUT2D eigenvalue weighted by Crippen LogP contribution is -2.02. The number of hydrogen-bond acceptors (Lipinski definition) is 3. The molecule has 2 aromatic rings. The molecule has 0 saturated heterocycles. The summed E-state index contributed by atoms with van der Waals surface area (Å²) in [4.78, 5) is 2.34. The summed E-state index contributed by atoms with van der Waals surface area (Å²) in [5, 5.41) is 10.3. The molecule has 0 amide bonds. The lowest BCUT2D eigenvalue weighted by molar-refractivity contribution is 0.181. The molecule has 0 aliphatic carbocycles. The molecule has 102 valence electrons. The zero-order valence-corrected chi connectivity index (χ0v) is 12.5. The fourth-order valence-corrected chi connectivity index (χ4v) is 3.08. The number of ether oxygens (including phenoxy) is 1. The standard InChI is InChI=1S/C16H20O2S/c1-4-13-6-8-16(19-13)14(17)10-12-9-11(2)5-7-15(12)18-3/h5-9,14,17H,4,10H2,1-3H3. The Labute approximate surface area is 118 Å². The van der Waals surface area contributed by atoms with Crippen LogP contribution in [0.1, 0.15) is 33.9 Å². The van der Waals surface area contributed by atoms with Crippen LogP contribution >= 0.6 is 11.3 Å². The maximum atomic E-state index is 10.3. The van der Waals surface area contributed by atoms with Crippen molar-refractivity contribution in [2.45, 2.75) is 32.8 Å². The number of methoxy groups -OCH3 is 1. The molecule has 0 spiro atoms. The molecule has 0 fully saturated rings. The normalized spacial score (nSPS) is 12.4. The third-order valence-electron chi connectivity index (χ3n) is 3.21. The fourth-order valence-electron chi connectivity index (χ4n) is 2.14. The molecule has 19 heavy (non-hydrogen) atoms. The minimum absolute atomic E-state index is 0.457. The zero-order valence-electron chi connectivity index (χ0n) is 11.6. The zero-order chi connectivity index (χ0) is 13.8.